The van der Waals surface area contributed by atoms with E-state index in [1.807, 2.05) is 19.2 Å². The van der Waals surface area contributed by atoms with Crippen molar-refractivity contribution in [2.24, 2.45) is 0 Å². The Morgan fingerprint density at radius 3 is 2.69 bits per heavy atom. The van der Waals surface area contributed by atoms with Crippen molar-refractivity contribution >= 4 is 0 Å². The Morgan fingerprint density at radius 1 is 1.21 bits per heavy atom. The smallest absolute Gasteiger partial charge is 0.416 e. The van der Waals surface area contributed by atoms with Crippen molar-refractivity contribution in [1.82, 2.24) is 9.80 Å². The Hall–Kier alpha value is -2.05. The van der Waals surface area contributed by atoms with Crippen LogP contribution in [0.15, 0.2) is 42.5 Å². The molecule has 2 bridgehead atoms. The molecule has 1 N–H and O–H groups in total. The van der Waals surface area contributed by atoms with E-state index in [4.69, 9.17) is 0 Å². The molecule has 156 valence electrons. The van der Waals surface area contributed by atoms with Crippen LogP contribution in [-0.4, -0.2) is 47.6 Å². The van der Waals surface area contributed by atoms with Crippen LogP contribution in [0.4, 0.5) is 13.2 Å². The number of rotatable bonds is 3. The molecule has 0 unspecified atom stereocenters. The molecule has 0 amide bonds. The summed E-state index contributed by atoms with van der Waals surface area (Å²) in [5.74, 6) is 0.265. The molecule has 1 saturated heterocycles. The Bertz CT molecular complexity index is 913. The highest BCUT2D eigenvalue weighted by atomic mass is 19.4. The average molecular weight is 404 g/mol. The molecule has 2 aromatic carbocycles. The van der Waals surface area contributed by atoms with Gasteiger partial charge in [0, 0.05) is 24.0 Å². The lowest BCUT2D eigenvalue weighted by atomic mass is 9.61. The zero-order valence-corrected chi connectivity index (χ0v) is 17.0. The maximum Gasteiger partial charge on any atom is 0.416 e. The second kappa shape index (κ2) is 7.03. The second-order valence-corrected chi connectivity index (χ2v) is 8.82. The molecule has 1 heterocycles. The molecule has 0 saturated carbocycles. The number of phenols is 1. The van der Waals surface area contributed by atoms with Gasteiger partial charge in [-0.2, -0.15) is 13.2 Å². The molecule has 3 nitrogen and oxygen atoms in total. The van der Waals surface area contributed by atoms with E-state index in [1.165, 1.54) is 23.3 Å². The number of alkyl halides is 3. The predicted molar refractivity (Wildman–Crippen MR) is 107 cm³/mol. The molecule has 1 fully saturated rings. The molecule has 4 rings (SSSR count). The van der Waals surface area contributed by atoms with Crippen LogP contribution in [0.2, 0.25) is 0 Å². The fourth-order valence-electron chi connectivity index (χ4n) is 5.46. The maximum atomic E-state index is 13.1. The van der Waals surface area contributed by atoms with Crippen LogP contribution in [0.25, 0.3) is 0 Å². The normalized spacial score (nSPS) is 27.1. The van der Waals surface area contributed by atoms with Crippen molar-refractivity contribution in [3.8, 4) is 5.75 Å². The van der Waals surface area contributed by atoms with Crippen molar-refractivity contribution < 1.29 is 18.3 Å². The number of nitrogens with zero attached hydrogens (tertiary/aromatic N) is 2. The van der Waals surface area contributed by atoms with E-state index in [9.17, 15) is 18.3 Å². The summed E-state index contributed by atoms with van der Waals surface area (Å²) in [6, 6.07) is 11.7. The minimum Gasteiger partial charge on any atom is -0.508 e. The molecule has 0 aromatic heterocycles. The fourth-order valence-corrected chi connectivity index (χ4v) is 5.46. The second-order valence-electron chi connectivity index (χ2n) is 8.82. The Labute approximate surface area is 169 Å². The highest BCUT2D eigenvalue weighted by molar-refractivity contribution is 5.45. The number of fused-ring (bicyclic) bond motifs is 4. The van der Waals surface area contributed by atoms with Crippen molar-refractivity contribution in [1.29, 1.82) is 0 Å². The van der Waals surface area contributed by atoms with Gasteiger partial charge < -0.3 is 10.0 Å². The highest BCUT2D eigenvalue weighted by Gasteiger charge is 2.51. The number of hydrogen-bond acceptors (Lipinski definition) is 3. The number of phenolic OH excluding ortho intramolecular Hbond substituents is 1. The molecule has 2 aromatic rings. The number of piperidine rings is 1. The third-order valence-corrected chi connectivity index (χ3v) is 6.87. The van der Waals surface area contributed by atoms with Gasteiger partial charge >= 0.3 is 6.18 Å². The number of likely N-dealkylation sites (tertiary alicyclic amines) is 1. The van der Waals surface area contributed by atoms with Crippen LogP contribution >= 0.6 is 0 Å². The van der Waals surface area contributed by atoms with Crippen LogP contribution in [-0.2, 0) is 24.6 Å². The first kappa shape index (κ1) is 20.2. The number of hydrogen-bond donors (Lipinski definition) is 1. The van der Waals surface area contributed by atoms with Gasteiger partial charge in [-0.15, -0.1) is 0 Å². The molecule has 3 atom stereocenters. The van der Waals surface area contributed by atoms with Crippen molar-refractivity contribution in [2.75, 3.05) is 20.6 Å². The Kier molecular flexibility index (Phi) is 4.90. The van der Waals surface area contributed by atoms with Gasteiger partial charge in [0.25, 0.3) is 0 Å². The summed E-state index contributed by atoms with van der Waals surface area (Å²) >= 11 is 0. The average Bonchev–Trinajstić information content (AvgIpc) is 2.65. The largest absolute Gasteiger partial charge is 0.508 e. The van der Waals surface area contributed by atoms with Gasteiger partial charge in [-0.05, 0) is 68.4 Å². The van der Waals surface area contributed by atoms with E-state index in [2.05, 4.69) is 23.8 Å². The summed E-state index contributed by atoms with van der Waals surface area (Å²) < 4.78 is 39.4. The molecule has 0 spiro atoms. The van der Waals surface area contributed by atoms with Gasteiger partial charge in [-0.1, -0.05) is 31.2 Å². The Morgan fingerprint density at radius 2 is 1.97 bits per heavy atom. The number of halogens is 3. The van der Waals surface area contributed by atoms with Gasteiger partial charge in [0.05, 0.1) is 5.56 Å². The summed E-state index contributed by atoms with van der Waals surface area (Å²) in [5, 5.41) is 10.1. The standard InChI is InChI=1S/C23H27F3N2O/c1-22-9-10-27(2)20(12-16-7-8-18(29)13-19(16)22)21(22)28(3)14-15-5-4-6-17(11-15)23(24,25)26/h4-8,11,13,20-21,29H,9-10,12,14H2,1-3H3/t20-,21-,22-/m1/s1. The monoisotopic (exact) mass is 404 g/mol. The summed E-state index contributed by atoms with van der Waals surface area (Å²) in [7, 11) is 4.13. The van der Waals surface area contributed by atoms with Crippen LogP contribution < -0.4 is 0 Å². The molecule has 6 heteroatoms. The maximum absolute atomic E-state index is 13.1. The third-order valence-electron chi connectivity index (χ3n) is 6.87. The quantitative estimate of drug-likeness (QED) is 0.820. The van der Waals surface area contributed by atoms with Gasteiger partial charge in [0.2, 0.25) is 0 Å². The van der Waals surface area contributed by atoms with Crippen molar-refractivity contribution in [3.05, 3.63) is 64.7 Å². The van der Waals surface area contributed by atoms with Crippen LogP contribution in [0.3, 0.4) is 0 Å². The van der Waals surface area contributed by atoms with Crippen LogP contribution in [0.1, 0.15) is 35.6 Å². The fraction of sp³-hybridized carbons (Fsp3) is 0.478. The summed E-state index contributed by atoms with van der Waals surface area (Å²) in [5.41, 5.74) is 2.31. The van der Waals surface area contributed by atoms with Crippen LogP contribution in [0, 0.1) is 0 Å². The molecule has 2 aliphatic rings. The molecule has 1 aliphatic carbocycles. The first-order chi connectivity index (χ1) is 13.6. The van der Waals surface area contributed by atoms with Crippen LogP contribution in [0.5, 0.6) is 5.75 Å². The lowest BCUT2D eigenvalue weighted by Crippen LogP contribution is -2.66. The lowest BCUT2D eigenvalue weighted by molar-refractivity contribution is -0.137. The highest BCUT2D eigenvalue weighted by Crippen LogP contribution is 2.47. The predicted octanol–water partition coefficient (Wildman–Crippen LogP) is 4.43. The number of aromatic hydroxyl groups is 1. The van der Waals surface area contributed by atoms with Gasteiger partial charge in [-0.25, -0.2) is 0 Å². The summed E-state index contributed by atoms with van der Waals surface area (Å²) in [6.45, 7) is 3.64. The van der Waals surface area contributed by atoms with Crippen molar-refractivity contribution in [3.63, 3.8) is 0 Å². The van der Waals surface area contributed by atoms with Gasteiger partial charge in [0.15, 0.2) is 0 Å². The molecular formula is C23H27F3N2O. The first-order valence-corrected chi connectivity index (χ1v) is 9.98. The van der Waals surface area contributed by atoms with E-state index in [0.717, 1.165) is 25.5 Å². The van der Waals surface area contributed by atoms with E-state index >= 15 is 0 Å². The molecule has 0 radical (unpaired) electrons. The molecular weight excluding hydrogens is 377 g/mol. The number of benzene rings is 2. The van der Waals surface area contributed by atoms with Gasteiger partial charge in [0.1, 0.15) is 5.75 Å². The summed E-state index contributed by atoms with van der Waals surface area (Å²) in [4.78, 5) is 4.56. The van der Waals surface area contributed by atoms with E-state index in [-0.39, 0.29) is 23.2 Å². The first-order valence-electron chi connectivity index (χ1n) is 9.98. The minimum atomic E-state index is -4.33. The number of likely N-dealkylation sites (N-methyl/N-ethyl adjacent to an activating group) is 2. The van der Waals surface area contributed by atoms with E-state index in [1.54, 1.807) is 12.1 Å². The third kappa shape index (κ3) is 3.53. The molecule has 1 aliphatic heterocycles. The SMILES string of the molecule is CN1CC[C@]2(C)c3cc(O)ccc3C[C@@H]1[C@H]2N(C)Cc1cccc(C(F)(F)F)c1. The lowest BCUT2D eigenvalue weighted by Gasteiger charge is -2.57. The topological polar surface area (TPSA) is 26.7 Å². The summed E-state index contributed by atoms with van der Waals surface area (Å²) in [6.07, 6.45) is -2.52. The molecule has 29 heavy (non-hydrogen) atoms. The van der Waals surface area contributed by atoms with Gasteiger partial charge in [-0.3, -0.25) is 4.90 Å². The Balaban J connectivity index is 1.68. The zero-order chi connectivity index (χ0) is 21.0. The minimum absolute atomic E-state index is 0.144. The van der Waals surface area contributed by atoms with E-state index < -0.39 is 11.7 Å². The van der Waals surface area contributed by atoms with E-state index in [0.29, 0.717) is 12.1 Å². The zero-order valence-electron chi connectivity index (χ0n) is 17.0. The van der Waals surface area contributed by atoms with Crippen molar-refractivity contribution in [2.45, 2.75) is 50.0 Å².